The van der Waals surface area contributed by atoms with Crippen molar-refractivity contribution in [2.24, 2.45) is 0 Å². The Morgan fingerprint density at radius 3 is 2.25 bits per heavy atom. The molecule has 0 unspecified atom stereocenters. The van der Waals surface area contributed by atoms with Crippen LogP contribution in [0.4, 0.5) is 0 Å². The van der Waals surface area contributed by atoms with Crippen molar-refractivity contribution in [1.82, 2.24) is 0 Å². The van der Waals surface area contributed by atoms with Crippen molar-refractivity contribution >= 4 is 20.6 Å². The second kappa shape index (κ2) is 5.07. The van der Waals surface area contributed by atoms with Gasteiger partial charge in [0.2, 0.25) is 0 Å². The Balaban J connectivity index is 2.80. The van der Waals surface area contributed by atoms with Crippen molar-refractivity contribution in [3.63, 3.8) is 0 Å². The summed E-state index contributed by atoms with van der Waals surface area (Å²) < 4.78 is 10.3. The molecule has 0 atom stereocenters. The van der Waals surface area contributed by atoms with E-state index in [2.05, 4.69) is 24.4 Å². The number of carbonyl (C=O) groups is 1. The molecule has 1 rings (SSSR count). The van der Waals surface area contributed by atoms with Crippen LogP contribution in [-0.4, -0.2) is 27.7 Å². The Morgan fingerprint density at radius 1 is 1.25 bits per heavy atom. The highest BCUT2D eigenvalue weighted by molar-refractivity contribution is 6.67. The molecule has 1 aromatic carbocycles. The van der Waals surface area contributed by atoms with Gasteiger partial charge in [0.15, 0.2) is 0 Å². The Hall–Kier alpha value is -1.42. The summed E-state index contributed by atoms with van der Waals surface area (Å²) in [5, 5.41) is 0. The molecule has 0 spiro atoms. The van der Waals surface area contributed by atoms with Gasteiger partial charge in [-0.05, 0) is 24.3 Å². The molecule has 0 aromatic heterocycles. The van der Waals surface area contributed by atoms with Crippen molar-refractivity contribution in [2.75, 3.05) is 7.11 Å². The molecular formula is C12H17O3Si+. The second-order valence-electron chi connectivity index (χ2n) is 4.46. The van der Waals surface area contributed by atoms with E-state index in [0.717, 1.165) is 5.56 Å². The van der Waals surface area contributed by atoms with Gasteiger partial charge in [-0.1, -0.05) is 0 Å². The van der Waals surface area contributed by atoms with Crippen LogP contribution in [0, 0.1) is 0 Å². The third kappa shape index (κ3) is 3.98. The fourth-order valence-corrected chi connectivity index (χ4v) is 1.55. The molecule has 1 aromatic rings. The molecule has 16 heavy (non-hydrogen) atoms. The average Bonchev–Trinajstić information content (AvgIpc) is 2.25. The Morgan fingerprint density at radius 2 is 1.81 bits per heavy atom. The molecule has 0 heterocycles. The molecule has 0 amide bonds. The SMILES string of the molecule is COC(=O)c1ccc(C=[O+][Si](C)(C)C)cc1. The number of aldehydes is 1. The first-order valence-electron chi connectivity index (χ1n) is 5.12. The Kier molecular flexibility index (Phi) is 4.01. The fourth-order valence-electron chi connectivity index (χ4n) is 1.06. The normalized spacial score (nSPS) is 11.8. The number of esters is 1. The number of carbonyl (C=O) groups excluding carboxylic acids is 2. The first-order valence-corrected chi connectivity index (χ1v) is 8.52. The predicted octanol–water partition coefficient (Wildman–Crippen LogP) is 2.66. The average molecular weight is 237 g/mol. The summed E-state index contributed by atoms with van der Waals surface area (Å²) in [7, 11) is -0.158. The first-order chi connectivity index (χ1) is 7.42. The van der Waals surface area contributed by atoms with Crippen molar-refractivity contribution in [3.8, 4) is 0 Å². The third-order valence-electron chi connectivity index (χ3n) is 1.88. The quantitative estimate of drug-likeness (QED) is 0.351. The van der Waals surface area contributed by atoms with E-state index < -0.39 is 8.32 Å². The second-order valence-corrected chi connectivity index (χ2v) is 8.92. The Labute approximate surface area is 96.9 Å². The molecule has 0 fully saturated rings. The summed E-state index contributed by atoms with van der Waals surface area (Å²) in [6.45, 7) is 6.35. The van der Waals surface area contributed by atoms with Crippen LogP contribution >= 0.6 is 0 Å². The first kappa shape index (κ1) is 12.6. The maximum absolute atomic E-state index is 11.2. The van der Waals surface area contributed by atoms with Crippen LogP contribution in [0.5, 0.6) is 0 Å². The van der Waals surface area contributed by atoms with Gasteiger partial charge in [-0.25, -0.2) is 4.79 Å². The van der Waals surface area contributed by atoms with E-state index in [0.29, 0.717) is 5.56 Å². The summed E-state index contributed by atoms with van der Waals surface area (Å²) >= 11 is 0. The van der Waals surface area contributed by atoms with E-state index >= 15 is 0 Å². The fraction of sp³-hybridized carbons (Fsp3) is 0.333. The van der Waals surface area contributed by atoms with E-state index in [1.807, 2.05) is 12.1 Å². The van der Waals surface area contributed by atoms with Gasteiger partial charge in [0.25, 0.3) is 6.29 Å². The minimum atomic E-state index is -1.53. The smallest absolute Gasteiger partial charge is 0.465 e. The van der Waals surface area contributed by atoms with Gasteiger partial charge in [0.1, 0.15) is 0 Å². The number of benzene rings is 1. The third-order valence-corrected chi connectivity index (χ3v) is 2.71. The van der Waals surface area contributed by atoms with Crippen LogP contribution in [0.2, 0.25) is 19.6 Å². The lowest BCUT2D eigenvalue weighted by Gasteiger charge is -1.98. The number of methoxy groups -OCH3 is 1. The number of ether oxygens (including phenoxy) is 1. The van der Waals surface area contributed by atoms with Gasteiger partial charge in [-0.15, -0.1) is 0 Å². The van der Waals surface area contributed by atoms with Gasteiger partial charge in [-0.2, -0.15) is 0 Å². The van der Waals surface area contributed by atoms with E-state index in [9.17, 15) is 4.79 Å². The molecule has 0 radical (unpaired) electrons. The Bertz CT molecular complexity index is 388. The zero-order chi connectivity index (χ0) is 12.2. The summed E-state index contributed by atoms with van der Waals surface area (Å²) in [5.41, 5.74) is 1.50. The standard InChI is InChI=1S/C12H17O3Si/c1-14-12(13)11-7-5-10(6-8-11)9-15-16(2,3)4/h5-9H,1-4H3/q+1. The molecule has 0 aliphatic carbocycles. The van der Waals surface area contributed by atoms with Crippen LogP contribution in [0.1, 0.15) is 20.0 Å². The highest BCUT2D eigenvalue weighted by Crippen LogP contribution is 2.06. The van der Waals surface area contributed by atoms with E-state index in [4.69, 9.17) is 4.11 Å². The lowest BCUT2D eigenvalue weighted by atomic mass is 10.1. The molecule has 86 valence electrons. The zero-order valence-electron chi connectivity index (χ0n) is 10.1. The topological polar surface area (TPSA) is 37.6 Å². The van der Waals surface area contributed by atoms with Crippen LogP contribution in [0.3, 0.4) is 0 Å². The molecule has 4 heteroatoms. The van der Waals surface area contributed by atoms with Crippen LogP contribution in [0.15, 0.2) is 24.3 Å². The highest BCUT2D eigenvalue weighted by Gasteiger charge is 2.28. The number of hydrogen-bond acceptors (Lipinski definition) is 2. The van der Waals surface area contributed by atoms with Crippen molar-refractivity contribution in [3.05, 3.63) is 35.4 Å². The molecular weight excluding hydrogens is 220 g/mol. The monoisotopic (exact) mass is 237 g/mol. The molecule has 0 bridgehead atoms. The molecule has 0 saturated heterocycles. The van der Waals surface area contributed by atoms with Crippen LogP contribution in [-0.2, 0) is 4.74 Å². The highest BCUT2D eigenvalue weighted by atomic mass is 28.4. The molecule has 0 aliphatic heterocycles. The summed E-state index contributed by atoms with van der Waals surface area (Å²) in [4.78, 5) is 11.2. The maximum atomic E-state index is 11.2. The van der Waals surface area contributed by atoms with Crippen LogP contribution < -0.4 is 0 Å². The molecule has 0 N–H and O–H groups in total. The van der Waals surface area contributed by atoms with E-state index in [1.54, 1.807) is 18.4 Å². The van der Waals surface area contributed by atoms with Gasteiger partial charge >= 0.3 is 14.3 Å². The van der Waals surface area contributed by atoms with Gasteiger partial charge < -0.3 is 8.85 Å². The largest absolute Gasteiger partial charge is 0.508 e. The predicted molar refractivity (Wildman–Crippen MR) is 66.5 cm³/mol. The van der Waals surface area contributed by atoms with Crippen molar-refractivity contribution in [1.29, 1.82) is 0 Å². The van der Waals surface area contributed by atoms with Gasteiger partial charge in [0, 0.05) is 19.6 Å². The maximum Gasteiger partial charge on any atom is 0.508 e. The molecule has 0 saturated carbocycles. The lowest BCUT2D eigenvalue weighted by molar-refractivity contribution is -0.0921. The van der Waals surface area contributed by atoms with Crippen molar-refractivity contribution in [2.45, 2.75) is 19.6 Å². The van der Waals surface area contributed by atoms with Gasteiger partial charge in [-0.3, -0.25) is 0 Å². The number of rotatable bonds is 3. The minimum Gasteiger partial charge on any atom is -0.465 e. The van der Waals surface area contributed by atoms with Gasteiger partial charge in [0.05, 0.1) is 18.2 Å². The molecule has 3 nitrogen and oxygen atoms in total. The number of hydrogen-bond donors (Lipinski definition) is 0. The van der Waals surface area contributed by atoms with Crippen molar-refractivity contribution < 1.29 is 13.6 Å². The lowest BCUT2D eigenvalue weighted by Crippen LogP contribution is -2.17. The van der Waals surface area contributed by atoms with E-state index in [-0.39, 0.29) is 5.97 Å². The van der Waals surface area contributed by atoms with E-state index in [1.165, 1.54) is 7.11 Å². The molecule has 0 aliphatic rings. The summed E-state index contributed by atoms with van der Waals surface area (Å²) in [6.07, 6.45) is 1.74. The summed E-state index contributed by atoms with van der Waals surface area (Å²) in [6, 6.07) is 7.13. The van der Waals surface area contributed by atoms with Crippen LogP contribution in [0.25, 0.3) is 0 Å². The zero-order valence-corrected chi connectivity index (χ0v) is 11.1. The minimum absolute atomic E-state index is 0.322. The summed E-state index contributed by atoms with van der Waals surface area (Å²) in [5.74, 6) is -0.322.